The molecule has 4 rings (SSSR count). The molecule has 6 nitrogen and oxygen atoms in total. The van der Waals surface area contributed by atoms with E-state index in [2.05, 4.69) is 10.4 Å². The van der Waals surface area contributed by atoms with E-state index in [4.69, 9.17) is 9.73 Å². The maximum absolute atomic E-state index is 12.3. The Morgan fingerprint density at radius 3 is 2.66 bits per heavy atom. The van der Waals surface area contributed by atoms with Crippen LogP contribution in [-0.2, 0) is 0 Å². The number of nitrogens with zero attached hydrogens (tertiary/aromatic N) is 2. The molecule has 0 saturated carbocycles. The van der Waals surface area contributed by atoms with Gasteiger partial charge in [-0.3, -0.25) is 10.2 Å². The number of alkyl halides is 3. The summed E-state index contributed by atoms with van der Waals surface area (Å²) >= 11 is 1.48. The van der Waals surface area contributed by atoms with Crippen molar-refractivity contribution in [2.45, 2.75) is 16.0 Å². The van der Waals surface area contributed by atoms with Gasteiger partial charge in [0, 0.05) is 27.0 Å². The Labute approximate surface area is 185 Å². The van der Waals surface area contributed by atoms with Gasteiger partial charge in [-0.05, 0) is 30.3 Å². The zero-order valence-corrected chi connectivity index (χ0v) is 17.6. The van der Waals surface area contributed by atoms with E-state index in [-0.39, 0.29) is 5.56 Å². The van der Waals surface area contributed by atoms with Gasteiger partial charge in [0.05, 0.1) is 24.2 Å². The number of carbonyl (C=O) groups excluding carboxylic acids is 1. The van der Waals surface area contributed by atoms with Crippen molar-refractivity contribution >= 4 is 29.1 Å². The Kier molecular flexibility index (Phi) is 6.15. The highest BCUT2D eigenvalue weighted by Gasteiger charge is 2.27. The van der Waals surface area contributed by atoms with Crippen LogP contribution >= 0.6 is 11.8 Å². The van der Waals surface area contributed by atoms with Gasteiger partial charge in [-0.2, -0.15) is 13.2 Å². The van der Waals surface area contributed by atoms with E-state index in [1.54, 1.807) is 30.3 Å². The third-order valence-corrected chi connectivity index (χ3v) is 5.62. The summed E-state index contributed by atoms with van der Waals surface area (Å²) in [5.41, 5.74) is 6.68. The van der Waals surface area contributed by atoms with Gasteiger partial charge in [0.15, 0.2) is 0 Å². The molecule has 1 aromatic heterocycles. The van der Waals surface area contributed by atoms with Crippen molar-refractivity contribution < 1.29 is 22.7 Å². The predicted molar refractivity (Wildman–Crippen MR) is 115 cm³/mol. The first-order chi connectivity index (χ1) is 15.3. The molecule has 1 amide bonds. The fourth-order valence-corrected chi connectivity index (χ4v) is 4.04. The number of hydrazine groups is 1. The van der Waals surface area contributed by atoms with Crippen LogP contribution < -0.4 is 15.6 Å². The van der Waals surface area contributed by atoms with Gasteiger partial charge in [-0.25, -0.2) is 15.4 Å². The van der Waals surface area contributed by atoms with Crippen LogP contribution in [0.4, 0.5) is 18.9 Å². The molecular formula is C22H17F3N4O2S. The number of fused-ring (bicyclic) bond motifs is 2. The van der Waals surface area contributed by atoms with E-state index < -0.39 is 18.6 Å². The zero-order valence-electron chi connectivity index (χ0n) is 16.7. The Morgan fingerprint density at radius 1 is 1.06 bits per heavy atom. The molecule has 0 unspecified atom stereocenters. The summed E-state index contributed by atoms with van der Waals surface area (Å²) in [5.74, 6) is -0.260. The number of aliphatic imine (C=N–C) groups is 1. The number of halogens is 3. The number of rotatable bonds is 5. The molecule has 3 aromatic rings. The number of pyridine rings is 1. The second kappa shape index (κ2) is 9.01. The number of carbonyl (C=O) groups is 1. The summed E-state index contributed by atoms with van der Waals surface area (Å²) in [6.07, 6.45) is -4.44. The fraction of sp³-hybridized carbons (Fsp3) is 0.136. The number of benzene rings is 2. The molecule has 1 aliphatic heterocycles. The van der Waals surface area contributed by atoms with E-state index in [9.17, 15) is 18.0 Å². The number of hydrogen-bond acceptors (Lipinski definition) is 6. The minimum Gasteiger partial charge on any atom is -0.481 e. The molecule has 0 bridgehead atoms. The highest BCUT2D eigenvalue weighted by atomic mass is 32.2. The van der Waals surface area contributed by atoms with Crippen molar-refractivity contribution in [2.75, 3.05) is 13.7 Å². The van der Waals surface area contributed by atoms with Crippen molar-refractivity contribution in [3.63, 3.8) is 0 Å². The number of aromatic nitrogens is 1. The molecule has 164 valence electrons. The molecule has 2 aromatic carbocycles. The van der Waals surface area contributed by atoms with Crippen LogP contribution in [0.25, 0.3) is 0 Å². The third-order valence-electron chi connectivity index (χ3n) is 4.48. The molecule has 2 N–H and O–H groups in total. The molecule has 0 fully saturated rings. The summed E-state index contributed by atoms with van der Waals surface area (Å²) in [6.45, 7) is -1.33. The second-order valence-electron chi connectivity index (χ2n) is 6.73. The van der Waals surface area contributed by atoms with Crippen molar-refractivity contribution in [2.24, 2.45) is 4.99 Å². The minimum atomic E-state index is -4.44. The monoisotopic (exact) mass is 458 g/mol. The van der Waals surface area contributed by atoms with Crippen molar-refractivity contribution in [3.8, 4) is 5.88 Å². The maximum atomic E-state index is 12.3. The van der Waals surface area contributed by atoms with Gasteiger partial charge in [0.25, 0.3) is 5.91 Å². The molecule has 1 aliphatic rings. The first-order valence-corrected chi connectivity index (χ1v) is 10.3. The molecule has 10 heteroatoms. The van der Waals surface area contributed by atoms with Crippen molar-refractivity contribution in [1.29, 1.82) is 0 Å². The molecule has 0 saturated heterocycles. The number of ether oxygens (including phenoxy) is 1. The lowest BCUT2D eigenvalue weighted by Gasteiger charge is -2.10. The molecular weight excluding hydrogens is 441 g/mol. The summed E-state index contributed by atoms with van der Waals surface area (Å²) in [5, 5.41) is 0. The average molecular weight is 458 g/mol. The van der Waals surface area contributed by atoms with Crippen molar-refractivity contribution in [1.82, 2.24) is 15.8 Å². The number of nitrogens with one attached hydrogen (secondary N) is 2. The van der Waals surface area contributed by atoms with Gasteiger partial charge in [-0.1, -0.05) is 36.0 Å². The lowest BCUT2D eigenvalue weighted by Crippen LogP contribution is -2.42. The summed E-state index contributed by atoms with van der Waals surface area (Å²) < 4.78 is 42.2. The Hall–Kier alpha value is -3.37. The first kappa shape index (κ1) is 21.8. The Bertz CT molecular complexity index is 1200. The summed E-state index contributed by atoms with van der Waals surface area (Å²) in [7, 11) is 1.53. The smallest absolute Gasteiger partial charge is 0.402 e. The van der Waals surface area contributed by atoms with Crippen LogP contribution in [0.2, 0.25) is 0 Å². The zero-order chi connectivity index (χ0) is 22.7. The molecule has 0 spiro atoms. The van der Waals surface area contributed by atoms with Crippen LogP contribution in [0.15, 0.2) is 75.4 Å². The molecule has 0 atom stereocenters. The van der Waals surface area contributed by atoms with Crippen molar-refractivity contribution in [3.05, 3.63) is 77.5 Å². The lowest BCUT2D eigenvalue weighted by molar-refractivity contribution is -0.126. The minimum absolute atomic E-state index is 0.173. The topological polar surface area (TPSA) is 75.6 Å². The van der Waals surface area contributed by atoms with Gasteiger partial charge < -0.3 is 4.74 Å². The number of amides is 1. The van der Waals surface area contributed by atoms with E-state index in [0.717, 1.165) is 15.4 Å². The largest absolute Gasteiger partial charge is 0.481 e. The SMILES string of the molecule is COc1cccc(C2=Nc3cc(C(=O)NNCC(F)(F)F)ccc3Sc3ccccc32)n1. The second-order valence-corrected chi connectivity index (χ2v) is 7.81. The Morgan fingerprint density at radius 2 is 1.88 bits per heavy atom. The van der Waals surface area contributed by atoms with Gasteiger partial charge in [0.2, 0.25) is 5.88 Å². The van der Waals surface area contributed by atoms with E-state index >= 15 is 0 Å². The molecule has 0 aliphatic carbocycles. The molecule has 32 heavy (non-hydrogen) atoms. The van der Waals surface area contributed by atoms with Crippen LogP contribution in [0, 0.1) is 0 Å². The summed E-state index contributed by atoms with van der Waals surface area (Å²) in [6, 6.07) is 17.9. The van der Waals surface area contributed by atoms with Crippen LogP contribution in [0.1, 0.15) is 21.6 Å². The molecule has 2 heterocycles. The quantitative estimate of drug-likeness (QED) is 0.430. The maximum Gasteiger partial charge on any atom is 0.402 e. The normalized spacial score (nSPS) is 12.8. The van der Waals surface area contributed by atoms with Gasteiger partial charge >= 0.3 is 6.18 Å². The predicted octanol–water partition coefficient (Wildman–Crippen LogP) is 4.52. The highest BCUT2D eigenvalue weighted by molar-refractivity contribution is 7.99. The first-order valence-electron chi connectivity index (χ1n) is 9.45. The van der Waals surface area contributed by atoms with Crippen LogP contribution in [0.5, 0.6) is 5.88 Å². The van der Waals surface area contributed by atoms with Crippen LogP contribution in [-0.4, -0.2) is 36.4 Å². The van der Waals surface area contributed by atoms with E-state index in [0.29, 0.717) is 23.0 Å². The number of hydrogen-bond donors (Lipinski definition) is 2. The van der Waals surface area contributed by atoms with Gasteiger partial charge in [0.1, 0.15) is 6.54 Å². The summed E-state index contributed by atoms with van der Waals surface area (Å²) in [4.78, 5) is 23.4. The lowest BCUT2D eigenvalue weighted by atomic mass is 10.1. The standard InChI is InChI=1S/C22H17F3N4O2S/c1-31-19-8-4-6-15(27-19)20-14-5-2-3-7-17(14)32-18-10-9-13(11-16(18)28-20)21(30)29-26-12-22(23,24)25/h2-11,26H,12H2,1H3,(H,29,30). The Balaban J connectivity index is 1.72. The average Bonchev–Trinajstić information content (AvgIpc) is 2.94. The van der Waals surface area contributed by atoms with Crippen LogP contribution in [0.3, 0.4) is 0 Å². The fourth-order valence-electron chi connectivity index (χ4n) is 3.04. The molecule has 0 radical (unpaired) electrons. The highest BCUT2D eigenvalue weighted by Crippen LogP contribution is 2.41. The van der Waals surface area contributed by atoms with E-state index in [1.165, 1.54) is 18.9 Å². The third kappa shape index (κ3) is 4.92. The van der Waals surface area contributed by atoms with Gasteiger partial charge in [-0.15, -0.1) is 0 Å². The van der Waals surface area contributed by atoms with E-state index in [1.807, 2.05) is 35.8 Å². The number of methoxy groups -OCH3 is 1.